The Labute approximate surface area is 198 Å². The molecule has 1 heterocycles. The van der Waals surface area contributed by atoms with Crippen LogP contribution in [0.2, 0.25) is 0 Å². The smallest absolute Gasteiger partial charge is 0.338 e. The summed E-state index contributed by atoms with van der Waals surface area (Å²) in [4.78, 5) is 24.8. The fourth-order valence-corrected chi connectivity index (χ4v) is 4.82. The molecule has 176 valence electrons. The molecule has 3 aromatic rings. The number of amides is 1. The maximum absolute atomic E-state index is 12.7. The fourth-order valence-electron chi connectivity index (χ4n) is 3.41. The van der Waals surface area contributed by atoms with E-state index in [9.17, 15) is 18.0 Å². The molecule has 0 radical (unpaired) electrons. The lowest BCUT2D eigenvalue weighted by Gasteiger charge is -2.26. The quantitative estimate of drug-likeness (QED) is 0.521. The number of anilines is 1. The normalized spacial score (nSPS) is 14.4. The van der Waals surface area contributed by atoms with Crippen molar-refractivity contribution in [2.24, 2.45) is 0 Å². The average molecular weight is 481 g/mol. The number of sulfonamides is 1. The lowest BCUT2D eigenvalue weighted by atomic mass is 10.1. The lowest BCUT2D eigenvalue weighted by Crippen LogP contribution is -2.40. The zero-order chi connectivity index (χ0) is 24.0. The molecule has 34 heavy (non-hydrogen) atoms. The van der Waals surface area contributed by atoms with Crippen molar-refractivity contribution < 1.29 is 27.5 Å². The minimum absolute atomic E-state index is 0.0211. The molecule has 3 aromatic carbocycles. The van der Waals surface area contributed by atoms with Gasteiger partial charge in [-0.25, -0.2) is 13.2 Å². The number of benzene rings is 3. The molecule has 0 aliphatic carbocycles. The third kappa shape index (κ3) is 5.69. The Morgan fingerprint density at radius 2 is 1.47 bits per heavy atom. The van der Waals surface area contributed by atoms with E-state index in [1.165, 1.54) is 28.6 Å². The molecule has 0 unspecified atom stereocenters. The van der Waals surface area contributed by atoms with Gasteiger partial charge in [0.05, 0.1) is 23.7 Å². The molecule has 1 amide bonds. The Hall–Kier alpha value is -3.53. The lowest BCUT2D eigenvalue weighted by molar-refractivity contribution is 0.0472. The van der Waals surface area contributed by atoms with Crippen LogP contribution in [-0.4, -0.2) is 50.9 Å². The molecule has 1 N–H and O–H groups in total. The van der Waals surface area contributed by atoms with Gasteiger partial charge in [0.1, 0.15) is 6.61 Å². The van der Waals surface area contributed by atoms with Crippen molar-refractivity contribution in [3.8, 4) is 0 Å². The summed E-state index contributed by atoms with van der Waals surface area (Å²) in [5.74, 6) is -0.803. The number of hydrogen-bond donors (Lipinski definition) is 1. The number of ether oxygens (including phenoxy) is 2. The summed E-state index contributed by atoms with van der Waals surface area (Å²) in [6, 6.07) is 21.6. The zero-order valence-corrected chi connectivity index (χ0v) is 19.2. The standard InChI is InChI=1S/C25H24N2O6S/c28-24(26-22-4-2-1-3-5-22)20-8-6-19(7-9-20)18-33-25(29)21-10-12-23(13-11-21)34(30,31)27-14-16-32-17-15-27/h1-13H,14-18H2,(H,26,28). The summed E-state index contributed by atoms with van der Waals surface area (Å²) in [6.07, 6.45) is 0. The molecule has 9 heteroatoms. The van der Waals surface area contributed by atoms with E-state index in [1.807, 2.05) is 18.2 Å². The van der Waals surface area contributed by atoms with E-state index in [4.69, 9.17) is 9.47 Å². The summed E-state index contributed by atoms with van der Waals surface area (Å²) in [5.41, 5.74) is 2.15. The number of nitrogens with one attached hydrogen (secondary N) is 1. The molecule has 1 aliphatic heterocycles. The third-order valence-electron chi connectivity index (χ3n) is 5.32. The number of esters is 1. The van der Waals surface area contributed by atoms with Crippen molar-refractivity contribution in [2.75, 3.05) is 31.6 Å². The summed E-state index contributed by atoms with van der Waals surface area (Å²) in [5, 5.41) is 2.81. The minimum Gasteiger partial charge on any atom is -0.457 e. The molecule has 8 nitrogen and oxygen atoms in total. The topological polar surface area (TPSA) is 102 Å². The van der Waals surface area contributed by atoms with E-state index in [1.54, 1.807) is 36.4 Å². The van der Waals surface area contributed by atoms with Gasteiger partial charge >= 0.3 is 5.97 Å². The van der Waals surface area contributed by atoms with E-state index >= 15 is 0 Å². The molecular formula is C25H24N2O6S. The van der Waals surface area contributed by atoms with Gasteiger partial charge in [-0.2, -0.15) is 4.31 Å². The maximum Gasteiger partial charge on any atom is 0.338 e. The summed E-state index contributed by atoms with van der Waals surface area (Å²) >= 11 is 0. The van der Waals surface area contributed by atoms with E-state index < -0.39 is 16.0 Å². The van der Waals surface area contributed by atoms with E-state index in [2.05, 4.69) is 5.32 Å². The number of nitrogens with zero attached hydrogens (tertiary/aromatic N) is 1. The first-order valence-corrected chi connectivity index (χ1v) is 12.2. The molecule has 0 spiro atoms. The van der Waals surface area contributed by atoms with Gasteiger partial charge < -0.3 is 14.8 Å². The van der Waals surface area contributed by atoms with E-state index in [-0.39, 0.29) is 23.0 Å². The van der Waals surface area contributed by atoms with Crippen LogP contribution in [0.3, 0.4) is 0 Å². The summed E-state index contributed by atoms with van der Waals surface area (Å²) in [7, 11) is -3.62. The van der Waals surface area contributed by atoms with Crippen molar-refractivity contribution in [2.45, 2.75) is 11.5 Å². The molecule has 0 bridgehead atoms. The van der Waals surface area contributed by atoms with Crippen LogP contribution in [0.15, 0.2) is 83.8 Å². The monoisotopic (exact) mass is 480 g/mol. The van der Waals surface area contributed by atoms with Gasteiger partial charge in [0, 0.05) is 24.3 Å². The Bertz CT molecular complexity index is 1240. The van der Waals surface area contributed by atoms with Crippen molar-refractivity contribution in [1.29, 1.82) is 0 Å². The highest BCUT2D eigenvalue weighted by Gasteiger charge is 2.26. The van der Waals surface area contributed by atoms with E-state index in [0.29, 0.717) is 37.6 Å². The molecular weight excluding hydrogens is 456 g/mol. The van der Waals surface area contributed by atoms with Crippen LogP contribution in [0.1, 0.15) is 26.3 Å². The first-order valence-electron chi connectivity index (χ1n) is 10.7. The zero-order valence-electron chi connectivity index (χ0n) is 18.3. The molecule has 4 rings (SSSR count). The second-order valence-electron chi connectivity index (χ2n) is 7.63. The van der Waals surface area contributed by atoms with Crippen molar-refractivity contribution in [3.63, 3.8) is 0 Å². The van der Waals surface area contributed by atoms with Crippen LogP contribution in [0, 0.1) is 0 Å². The van der Waals surface area contributed by atoms with Gasteiger partial charge in [-0.3, -0.25) is 4.79 Å². The van der Waals surface area contributed by atoms with Crippen LogP contribution in [0.5, 0.6) is 0 Å². The molecule has 1 fully saturated rings. The maximum atomic E-state index is 12.7. The summed E-state index contributed by atoms with van der Waals surface area (Å²) < 4.78 is 37.3. The average Bonchev–Trinajstić information content (AvgIpc) is 2.88. The Kier molecular flexibility index (Phi) is 7.36. The first-order chi connectivity index (χ1) is 16.4. The number of hydrogen-bond acceptors (Lipinski definition) is 6. The van der Waals surface area contributed by atoms with Gasteiger partial charge in [-0.15, -0.1) is 0 Å². The number of morpholine rings is 1. The number of carbonyl (C=O) groups excluding carboxylic acids is 2. The predicted molar refractivity (Wildman–Crippen MR) is 126 cm³/mol. The Balaban J connectivity index is 1.32. The fraction of sp³-hybridized carbons (Fsp3) is 0.200. The molecule has 0 atom stereocenters. The Morgan fingerprint density at radius 3 is 2.12 bits per heavy atom. The number of carbonyl (C=O) groups is 2. The highest BCUT2D eigenvalue weighted by Crippen LogP contribution is 2.18. The molecule has 0 saturated carbocycles. The number of para-hydroxylation sites is 1. The minimum atomic E-state index is -3.62. The molecule has 0 aromatic heterocycles. The van der Waals surface area contributed by atoms with Gasteiger partial charge in [0.15, 0.2) is 0 Å². The van der Waals surface area contributed by atoms with Crippen LogP contribution >= 0.6 is 0 Å². The Morgan fingerprint density at radius 1 is 0.853 bits per heavy atom. The molecule has 1 aliphatic rings. The first kappa shape index (κ1) is 23.6. The van der Waals surface area contributed by atoms with Crippen molar-refractivity contribution >= 4 is 27.6 Å². The van der Waals surface area contributed by atoms with Gasteiger partial charge in [-0.05, 0) is 54.1 Å². The van der Waals surface area contributed by atoms with Crippen LogP contribution in [0.25, 0.3) is 0 Å². The number of rotatable bonds is 7. The van der Waals surface area contributed by atoms with Crippen LogP contribution in [-0.2, 0) is 26.1 Å². The van der Waals surface area contributed by atoms with Gasteiger partial charge in [-0.1, -0.05) is 30.3 Å². The van der Waals surface area contributed by atoms with Crippen molar-refractivity contribution in [3.05, 3.63) is 95.6 Å². The molecule has 1 saturated heterocycles. The van der Waals surface area contributed by atoms with Crippen molar-refractivity contribution in [1.82, 2.24) is 4.31 Å². The second kappa shape index (κ2) is 10.6. The van der Waals surface area contributed by atoms with Crippen LogP contribution in [0.4, 0.5) is 5.69 Å². The highest BCUT2D eigenvalue weighted by atomic mass is 32.2. The van der Waals surface area contributed by atoms with E-state index in [0.717, 1.165) is 5.56 Å². The van der Waals surface area contributed by atoms with Gasteiger partial charge in [0.25, 0.3) is 5.91 Å². The van der Waals surface area contributed by atoms with Gasteiger partial charge in [0.2, 0.25) is 10.0 Å². The summed E-state index contributed by atoms with van der Waals surface area (Å²) in [6.45, 7) is 1.36. The second-order valence-corrected chi connectivity index (χ2v) is 9.57. The third-order valence-corrected chi connectivity index (χ3v) is 7.23. The predicted octanol–water partition coefficient (Wildman–Crippen LogP) is 3.32. The SMILES string of the molecule is O=C(Nc1ccccc1)c1ccc(COC(=O)c2ccc(S(=O)(=O)N3CCOCC3)cc2)cc1. The largest absolute Gasteiger partial charge is 0.457 e. The highest BCUT2D eigenvalue weighted by molar-refractivity contribution is 7.89. The van der Waals surface area contributed by atoms with Crippen LogP contribution < -0.4 is 5.32 Å².